The number of hydrogen-bond donors (Lipinski definition) is 1. The van der Waals surface area contributed by atoms with E-state index in [1.54, 1.807) is 6.92 Å². The molecule has 0 fully saturated rings. The zero-order chi connectivity index (χ0) is 15.6. The average Bonchev–Trinajstić information content (AvgIpc) is 2.93. The summed E-state index contributed by atoms with van der Waals surface area (Å²) in [6.07, 6.45) is 1.29. The van der Waals surface area contributed by atoms with E-state index in [0.717, 1.165) is 5.75 Å². The van der Waals surface area contributed by atoms with E-state index in [1.165, 1.54) is 34.3 Å². The summed E-state index contributed by atoms with van der Waals surface area (Å²) in [6.45, 7) is 4.24. The molecule has 2 rings (SSSR count). The summed E-state index contributed by atoms with van der Waals surface area (Å²) in [4.78, 5) is 41.1. The van der Waals surface area contributed by atoms with Crippen molar-refractivity contribution >= 4 is 23.6 Å². The van der Waals surface area contributed by atoms with E-state index >= 15 is 0 Å². The maximum atomic E-state index is 12.4. The van der Waals surface area contributed by atoms with Crippen LogP contribution in [-0.2, 0) is 11.3 Å². The summed E-state index contributed by atoms with van der Waals surface area (Å²) in [5.74, 6) is -1.35. The molecule has 0 aliphatic carbocycles. The molecule has 1 unspecified atom stereocenters. The van der Waals surface area contributed by atoms with Gasteiger partial charge in [0.15, 0.2) is 5.16 Å². The highest BCUT2D eigenvalue weighted by Crippen LogP contribution is 2.20. The molecule has 1 amide bonds. The summed E-state index contributed by atoms with van der Waals surface area (Å²) in [5, 5.41) is 9.56. The van der Waals surface area contributed by atoms with Gasteiger partial charge in [-0.1, -0.05) is 18.7 Å². The molecule has 0 spiro atoms. The van der Waals surface area contributed by atoms with Crippen molar-refractivity contribution in [3.05, 3.63) is 22.1 Å². The molecule has 8 heteroatoms. The Balaban J connectivity index is 2.26. The summed E-state index contributed by atoms with van der Waals surface area (Å²) >= 11 is 1.48. The summed E-state index contributed by atoms with van der Waals surface area (Å²) in [6, 6.07) is 0. The molecule has 1 aromatic rings. The first-order valence-corrected chi connectivity index (χ1v) is 7.69. The maximum Gasteiger partial charge on any atom is 0.308 e. The van der Waals surface area contributed by atoms with Gasteiger partial charge in [-0.15, -0.1) is 0 Å². The minimum atomic E-state index is -0.971. The first-order chi connectivity index (χ1) is 9.95. The highest BCUT2D eigenvalue weighted by Gasteiger charge is 2.25. The molecule has 114 valence electrons. The summed E-state index contributed by atoms with van der Waals surface area (Å²) in [7, 11) is 0. The van der Waals surface area contributed by atoms with Crippen molar-refractivity contribution in [3.63, 3.8) is 0 Å². The van der Waals surface area contributed by atoms with Gasteiger partial charge in [-0.05, 0) is 6.92 Å². The van der Waals surface area contributed by atoms with Gasteiger partial charge in [-0.2, -0.15) is 0 Å². The van der Waals surface area contributed by atoms with E-state index in [2.05, 4.69) is 4.98 Å². The minimum absolute atomic E-state index is 0.000638. The number of hydrogen-bond acceptors (Lipinski definition) is 5. The van der Waals surface area contributed by atoms with Gasteiger partial charge in [-0.3, -0.25) is 19.0 Å². The van der Waals surface area contributed by atoms with Crippen LogP contribution in [0.15, 0.2) is 16.1 Å². The van der Waals surface area contributed by atoms with Crippen molar-refractivity contribution in [2.75, 3.05) is 18.8 Å². The van der Waals surface area contributed by atoms with Gasteiger partial charge in [-0.25, -0.2) is 4.98 Å². The largest absolute Gasteiger partial charge is 0.481 e. The predicted molar refractivity (Wildman–Crippen MR) is 77.6 cm³/mol. The lowest BCUT2D eigenvalue weighted by atomic mass is 10.1. The molecule has 0 bridgehead atoms. The van der Waals surface area contributed by atoms with Crippen LogP contribution in [-0.4, -0.2) is 50.3 Å². The van der Waals surface area contributed by atoms with Crippen molar-refractivity contribution in [1.82, 2.24) is 14.5 Å². The molecule has 0 radical (unpaired) electrons. The Bertz CT molecular complexity index is 628. The molecule has 1 aliphatic heterocycles. The monoisotopic (exact) mass is 311 g/mol. The maximum absolute atomic E-state index is 12.4. The Kier molecular flexibility index (Phi) is 4.66. The van der Waals surface area contributed by atoms with Crippen molar-refractivity contribution in [2.24, 2.45) is 5.92 Å². The van der Waals surface area contributed by atoms with Gasteiger partial charge >= 0.3 is 5.97 Å². The number of thioether (sulfide) groups is 1. The topological polar surface area (TPSA) is 92.5 Å². The molecule has 0 aromatic carbocycles. The highest BCUT2D eigenvalue weighted by atomic mass is 32.2. The number of carbonyl (C=O) groups excluding carboxylic acids is 1. The second-order valence-corrected chi connectivity index (χ2v) is 5.90. The van der Waals surface area contributed by atoms with Gasteiger partial charge in [0.05, 0.1) is 5.92 Å². The zero-order valence-electron chi connectivity index (χ0n) is 11.9. The molecule has 0 saturated carbocycles. The van der Waals surface area contributed by atoms with E-state index in [0.29, 0.717) is 18.2 Å². The lowest BCUT2D eigenvalue weighted by Gasteiger charge is -2.22. The van der Waals surface area contributed by atoms with Crippen LogP contribution in [0.3, 0.4) is 0 Å². The van der Waals surface area contributed by atoms with Crippen LogP contribution < -0.4 is 5.56 Å². The normalized spacial score (nSPS) is 14.6. The Morgan fingerprint density at radius 2 is 2.29 bits per heavy atom. The second-order valence-electron chi connectivity index (χ2n) is 4.84. The van der Waals surface area contributed by atoms with Crippen LogP contribution in [0.25, 0.3) is 0 Å². The number of nitrogens with zero attached hydrogens (tertiary/aromatic N) is 3. The van der Waals surface area contributed by atoms with E-state index in [1.807, 2.05) is 0 Å². The molecule has 21 heavy (non-hydrogen) atoms. The third-order valence-electron chi connectivity index (χ3n) is 3.37. The second kappa shape index (κ2) is 6.30. The highest BCUT2D eigenvalue weighted by molar-refractivity contribution is 7.99. The van der Waals surface area contributed by atoms with E-state index in [4.69, 9.17) is 5.11 Å². The van der Waals surface area contributed by atoms with E-state index < -0.39 is 17.8 Å². The predicted octanol–water partition coefficient (Wildman–Crippen LogP) is 0.532. The zero-order valence-corrected chi connectivity index (χ0v) is 12.7. The average molecular weight is 311 g/mol. The third kappa shape index (κ3) is 3.10. The number of amides is 1. The van der Waals surface area contributed by atoms with E-state index in [9.17, 15) is 14.4 Å². The van der Waals surface area contributed by atoms with Crippen molar-refractivity contribution in [1.29, 1.82) is 0 Å². The van der Waals surface area contributed by atoms with Crippen LogP contribution in [0.5, 0.6) is 0 Å². The molecular formula is C13H17N3O4S. The summed E-state index contributed by atoms with van der Waals surface area (Å²) in [5.41, 5.74) is -0.350. The Morgan fingerprint density at radius 3 is 2.90 bits per heavy atom. The fraction of sp³-hybridized carbons (Fsp3) is 0.538. The van der Waals surface area contributed by atoms with E-state index in [-0.39, 0.29) is 17.7 Å². The molecule has 7 nitrogen and oxygen atoms in total. The Hall–Kier alpha value is -1.83. The van der Waals surface area contributed by atoms with Gasteiger partial charge in [0, 0.05) is 31.6 Å². The molecule has 1 aliphatic rings. The number of carbonyl (C=O) groups is 2. The number of aliphatic carboxylic acids is 1. The smallest absolute Gasteiger partial charge is 0.308 e. The van der Waals surface area contributed by atoms with Crippen LogP contribution in [0.2, 0.25) is 0 Å². The number of rotatable bonds is 5. The van der Waals surface area contributed by atoms with Gasteiger partial charge in [0.25, 0.3) is 11.5 Å². The van der Waals surface area contributed by atoms with Crippen molar-refractivity contribution < 1.29 is 14.7 Å². The lowest BCUT2D eigenvalue weighted by molar-refractivity contribution is -0.141. The van der Waals surface area contributed by atoms with Gasteiger partial charge < -0.3 is 10.0 Å². The molecule has 1 N–H and O–H groups in total. The standard InChI is InChI=1S/C13H17N3O4S/c1-3-15(7-8(2)12(19)20)10(17)9-6-14-13-16(11(9)18)4-5-21-13/h6,8H,3-5,7H2,1-2H3,(H,19,20). The molecular weight excluding hydrogens is 294 g/mol. The van der Waals surface area contributed by atoms with Gasteiger partial charge in [0.1, 0.15) is 5.56 Å². The fourth-order valence-electron chi connectivity index (χ4n) is 2.10. The quantitative estimate of drug-likeness (QED) is 0.798. The Labute approximate surface area is 126 Å². The SMILES string of the molecule is CCN(CC(C)C(=O)O)C(=O)c1cnc2n(c1=O)CCS2. The number of aromatic nitrogens is 2. The van der Waals surface area contributed by atoms with Crippen LogP contribution in [0.1, 0.15) is 24.2 Å². The van der Waals surface area contributed by atoms with Crippen LogP contribution in [0, 0.1) is 5.92 Å². The first kappa shape index (κ1) is 15.6. The first-order valence-electron chi connectivity index (χ1n) is 6.70. The fourth-order valence-corrected chi connectivity index (χ4v) is 3.01. The summed E-state index contributed by atoms with van der Waals surface area (Å²) < 4.78 is 1.49. The van der Waals surface area contributed by atoms with Crippen LogP contribution >= 0.6 is 11.8 Å². The van der Waals surface area contributed by atoms with Gasteiger partial charge in [0.2, 0.25) is 0 Å². The molecule has 1 aromatic heterocycles. The Morgan fingerprint density at radius 1 is 1.57 bits per heavy atom. The minimum Gasteiger partial charge on any atom is -0.481 e. The number of fused-ring (bicyclic) bond motifs is 1. The van der Waals surface area contributed by atoms with Crippen LogP contribution in [0.4, 0.5) is 0 Å². The molecule has 0 saturated heterocycles. The number of carboxylic acids is 1. The molecule has 2 heterocycles. The van der Waals surface area contributed by atoms with Crippen molar-refractivity contribution in [3.8, 4) is 0 Å². The van der Waals surface area contributed by atoms with Crippen molar-refractivity contribution in [2.45, 2.75) is 25.5 Å². The number of carboxylic acid groups (broad SMARTS) is 1. The molecule has 1 atom stereocenters. The lowest BCUT2D eigenvalue weighted by Crippen LogP contribution is -2.40. The third-order valence-corrected chi connectivity index (χ3v) is 4.34.